The predicted molar refractivity (Wildman–Crippen MR) is 115 cm³/mol. The quantitative estimate of drug-likeness (QED) is 0.353. The average molecular weight is 404 g/mol. The summed E-state index contributed by atoms with van der Waals surface area (Å²) >= 11 is 0. The molecule has 0 aromatic heterocycles. The van der Waals surface area contributed by atoms with Crippen molar-refractivity contribution in [2.45, 2.75) is 0 Å². The molecule has 0 aliphatic heterocycles. The van der Waals surface area contributed by atoms with Crippen molar-refractivity contribution in [1.82, 2.24) is 0 Å². The summed E-state index contributed by atoms with van der Waals surface area (Å²) in [5, 5.41) is 18.2. The van der Waals surface area contributed by atoms with Crippen molar-refractivity contribution >= 4 is 0 Å². The standard InChI is InChI=1S/C26H16N2O3/c27-17-19-12-13-26(14-20(19)18-28)31-25-11-5-10-24(16-25)30-23-9-4-8-22(15-23)29-21-6-2-1-3-7-21/h1-16H. The Morgan fingerprint density at radius 2 is 0.871 bits per heavy atom. The predicted octanol–water partition coefficient (Wildman–Crippen LogP) is 6.81. The second kappa shape index (κ2) is 9.17. The van der Waals surface area contributed by atoms with E-state index in [1.165, 1.54) is 6.07 Å². The summed E-state index contributed by atoms with van der Waals surface area (Å²) < 4.78 is 17.6. The van der Waals surface area contributed by atoms with Gasteiger partial charge in [-0.1, -0.05) is 30.3 Å². The Balaban J connectivity index is 1.49. The first kappa shape index (κ1) is 19.6. The van der Waals surface area contributed by atoms with Crippen LogP contribution in [0.4, 0.5) is 0 Å². The molecule has 0 aliphatic rings. The lowest BCUT2D eigenvalue weighted by molar-refractivity contribution is 0.451. The number of nitrogens with zero attached hydrogens (tertiary/aromatic N) is 2. The summed E-state index contributed by atoms with van der Waals surface area (Å²) in [6, 6.07) is 32.8. The van der Waals surface area contributed by atoms with E-state index in [4.69, 9.17) is 19.5 Å². The van der Waals surface area contributed by atoms with Crippen LogP contribution in [0, 0.1) is 22.7 Å². The van der Waals surface area contributed by atoms with E-state index in [1.807, 2.05) is 72.8 Å². The fourth-order valence-electron chi connectivity index (χ4n) is 2.88. The molecule has 5 nitrogen and oxygen atoms in total. The Bertz CT molecular complexity index is 1290. The molecule has 0 spiro atoms. The van der Waals surface area contributed by atoms with Crippen LogP contribution in [0.15, 0.2) is 97.1 Å². The summed E-state index contributed by atoms with van der Waals surface area (Å²) in [7, 11) is 0. The van der Waals surface area contributed by atoms with Crippen LogP contribution in [0.2, 0.25) is 0 Å². The molecule has 5 heteroatoms. The molecule has 0 N–H and O–H groups in total. The van der Waals surface area contributed by atoms with Crippen LogP contribution in [-0.2, 0) is 0 Å². The Kier molecular flexibility index (Phi) is 5.79. The van der Waals surface area contributed by atoms with Gasteiger partial charge in [0, 0.05) is 12.1 Å². The van der Waals surface area contributed by atoms with Gasteiger partial charge in [-0.05, 0) is 54.6 Å². The Morgan fingerprint density at radius 3 is 1.39 bits per heavy atom. The molecule has 0 aliphatic carbocycles. The molecule has 0 heterocycles. The molecule has 31 heavy (non-hydrogen) atoms. The molecular weight excluding hydrogens is 388 g/mol. The number of para-hydroxylation sites is 1. The Hall–Kier alpha value is -4.74. The first-order valence-corrected chi connectivity index (χ1v) is 9.46. The fraction of sp³-hybridized carbons (Fsp3) is 0. The SMILES string of the molecule is N#Cc1ccc(Oc2cccc(Oc3cccc(Oc4ccccc4)c3)c2)cc1C#N. The smallest absolute Gasteiger partial charge is 0.131 e. The maximum atomic E-state index is 9.18. The number of rotatable bonds is 6. The van der Waals surface area contributed by atoms with E-state index in [1.54, 1.807) is 30.3 Å². The summed E-state index contributed by atoms with van der Waals surface area (Å²) in [6.45, 7) is 0. The summed E-state index contributed by atoms with van der Waals surface area (Å²) in [5.74, 6) is 3.62. The van der Waals surface area contributed by atoms with Crippen LogP contribution in [0.3, 0.4) is 0 Å². The van der Waals surface area contributed by atoms with Crippen LogP contribution >= 0.6 is 0 Å². The van der Waals surface area contributed by atoms with Gasteiger partial charge < -0.3 is 14.2 Å². The van der Waals surface area contributed by atoms with Gasteiger partial charge in [0.1, 0.15) is 46.6 Å². The molecule has 0 unspecified atom stereocenters. The molecule has 4 aromatic rings. The second-order valence-corrected chi connectivity index (χ2v) is 6.50. The van der Waals surface area contributed by atoms with Gasteiger partial charge in [-0.3, -0.25) is 0 Å². The zero-order chi connectivity index (χ0) is 21.5. The lowest BCUT2D eigenvalue weighted by atomic mass is 10.1. The minimum absolute atomic E-state index is 0.266. The molecule has 0 bridgehead atoms. The number of hydrogen-bond acceptors (Lipinski definition) is 5. The van der Waals surface area contributed by atoms with Crippen molar-refractivity contribution in [3.05, 3.63) is 108 Å². The van der Waals surface area contributed by atoms with Gasteiger partial charge in [0.25, 0.3) is 0 Å². The summed E-state index contributed by atoms with van der Waals surface area (Å²) in [5.41, 5.74) is 0.576. The highest BCUT2D eigenvalue weighted by atomic mass is 16.5. The molecule has 148 valence electrons. The van der Waals surface area contributed by atoms with E-state index in [-0.39, 0.29) is 5.56 Å². The number of hydrogen-bond donors (Lipinski definition) is 0. The van der Waals surface area contributed by atoms with Gasteiger partial charge >= 0.3 is 0 Å². The maximum absolute atomic E-state index is 9.18. The minimum atomic E-state index is 0.266. The number of ether oxygens (including phenoxy) is 3. The first-order valence-electron chi connectivity index (χ1n) is 9.46. The highest BCUT2D eigenvalue weighted by molar-refractivity contribution is 5.50. The van der Waals surface area contributed by atoms with Crippen LogP contribution < -0.4 is 14.2 Å². The number of nitriles is 2. The average Bonchev–Trinajstić information content (AvgIpc) is 2.80. The van der Waals surface area contributed by atoms with E-state index >= 15 is 0 Å². The van der Waals surface area contributed by atoms with E-state index < -0.39 is 0 Å². The minimum Gasteiger partial charge on any atom is -0.457 e. The van der Waals surface area contributed by atoms with Gasteiger partial charge in [0.15, 0.2) is 0 Å². The molecule has 0 atom stereocenters. The Labute approximate surface area is 179 Å². The van der Waals surface area contributed by atoms with Crippen LogP contribution in [0.25, 0.3) is 0 Å². The van der Waals surface area contributed by atoms with Crippen molar-refractivity contribution < 1.29 is 14.2 Å². The zero-order valence-corrected chi connectivity index (χ0v) is 16.4. The monoisotopic (exact) mass is 404 g/mol. The van der Waals surface area contributed by atoms with Crippen LogP contribution in [0.5, 0.6) is 34.5 Å². The van der Waals surface area contributed by atoms with E-state index in [2.05, 4.69) is 0 Å². The van der Waals surface area contributed by atoms with Gasteiger partial charge in [-0.2, -0.15) is 10.5 Å². The third kappa shape index (κ3) is 5.00. The summed E-state index contributed by atoms with van der Waals surface area (Å²) in [6.07, 6.45) is 0. The first-order chi connectivity index (χ1) is 15.2. The van der Waals surface area contributed by atoms with Gasteiger partial charge in [0.2, 0.25) is 0 Å². The molecule has 0 saturated heterocycles. The Morgan fingerprint density at radius 1 is 0.419 bits per heavy atom. The normalized spacial score (nSPS) is 9.87. The number of benzene rings is 4. The van der Waals surface area contributed by atoms with E-state index in [0.29, 0.717) is 34.3 Å². The topological polar surface area (TPSA) is 75.3 Å². The van der Waals surface area contributed by atoms with E-state index in [9.17, 15) is 5.26 Å². The third-order valence-corrected chi connectivity index (χ3v) is 4.29. The van der Waals surface area contributed by atoms with Crippen molar-refractivity contribution in [2.24, 2.45) is 0 Å². The van der Waals surface area contributed by atoms with Crippen LogP contribution in [-0.4, -0.2) is 0 Å². The largest absolute Gasteiger partial charge is 0.457 e. The highest BCUT2D eigenvalue weighted by Gasteiger charge is 2.07. The van der Waals surface area contributed by atoms with Crippen molar-refractivity contribution in [1.29, 1.82) is 10.5 Å². The van der Waals surface area contributed by atoms with Crippen molar-refractivity contribution in [3.8, 4) is 46.6 Å². The van der Waals surface area contributed by atoms with Crippen LogP contribution in [0.1, 0.15) is 11.1 Å². The molecule has 0 amide bonds. The molecule has 0 radical (unpaired) electrons. The highest BCUT2D eigenvalue weighted by Crippen LogP contribution is 2.31. The molecule has 0 fully saturated rings. The lowest BCUT2D eigenvalue weighted by Crippen LogP contribution is -1.90. The maximum Gasteiger partial charge on any atom is 0.131 e. The lowest BCUT2D eigenvalue weighted by Gasteiger charge is -2.11. The summed E-state index contributed by atoms with van der Waals surface area (Å²) in [4.78, 5) is 0. The second-order valence-electron chi connectivity index (χ2n) is 6.50. The van der Waals surface area contributed by atoms with E-state index in [0.717, 1.165) is 5.75 Å². The van der Waals surface area contributed by atoms with Gasteiger partial charge in [0.05, 0.1) is 11.1 Å². The molecule has 4 aromatic carbocycles. The van der Waals surface area contributed by atoms with Gasteiger partial charge in [-0.25, -0.2) is 0 Å². The van der Waals surface area contributed by atoms with Gasteiger partial charge in [-0.15, -0.1) is 0 Å². The zero-order valence-electron chi connectivity index (χ0n) is 16.4. The molecule has 0 saturated carbocycles. The molecule has 4 rings (SSSR count). The third-order valence-electron chi connectivity index (χ3n) is 4.29. The van der Waals surface area contributed by atoms with Crippen molar-refractivity contribution in [2.75, 3.05) is 0 Å². The molecular formula is C26H16N2O3. The fourth-order valence-corrected chi connectivity index (χ4v) is 2.88. The van der Waals surface area contributed by atoms with Crippen molar-refractivity contribution in [3.63, 3.8) is 0 Å².